The van der Waals surface area contributed by atoms with Crippen LogP contribution in [0.5, 0.6) is 0 Å². The Morgan fingerprint density at radius 1 is 1.47 bits per heavy atom. The van der Waals surface area contributed by atoms with Gasteiger partial charge in [-0.25, -0.2) is 4.68 Å². The number of aryl methyl sites for hydroxylation is 1. The monoisotopic (exact) mass is 261 g/mol. The highest BCUT2D eigenvalue weighted by atomic mass is 16.6. The molecule has 0 fully saturated rings. The zero-order chi connectivity index (χ0) is 14.0. The van der Waals surface area contributed by atoms with Crippen LogP contribution < -0.4 is 0 Å². The van der Waals surface area contributed by atoms with Crippen molar-refractivity contribution in [3.8, 4) is 5.69 Å². The van der Waals surface area contributed by atoms with Crippen LogP contribution in [0.4, 0.5) is 5.69 Å². The molecule has 0 bridgehead atoms. The van der Waals surface area contributed by atoms with Crippen molar-refractivity contribution in [2.75, 3.05) is 0 Å². The van der Waals surface area contributed by atoms with Gasteiger partial charge < -0.3 is 5.11 Å². The van der Waals surface area contributed by atoms with Gasteiger partial charge in [-0.05, 0) is 13.0 Å². The molecule has 0 aliphatic rings. The summed E-state index contributed by atoms with van der Waals surface area (Å²) >= 11 is 0. The van der Waals surface area contributed by atoms with E-state index in [-0.39, 0.29) is 12.1 Å². The number of hydrogen-bond acceptors (Lipinski definition) is 4. The molecular weight excluding hydrogens is 250 g/mol. The summed E-state index contributed by atoms with van der Waals surface area (Å²) in [4.78, 5) is 21.1. The van der Waals surface area contributed by atoms with Crippen molar-refractivity contribution in [2.45, 2.75) is 13.3 Å². The molecule has 0 spiro atoms. The number of nitrogens with zero attached hydrogens (tertiary/aromatic N) is 3. The second kappa shape index (κ2) is 4.89. The summed E-state index contributed by atoms with van der Waals surface area (Å²) in [5, 5.41) is 23.8. The molecule has 0 unspecified atom stereocenters. The number of para-hydroxylation sites is 2. The molecule has 7 nitrogen and oxygen atoms in total. The largest absolute Gasteiger partial charge is 0.481 e. The molecule has 0 atom stereocenters. The van der Waals surface area contributed by atoms with Crippen LogP contribution in [0.15, 0.2) is 30.5 Å². The van der Waals surface area contributed by atoms with Gasteiger partial charge in [-0.1, -0.05) is 12.1 Å². The fourth-order valence-electron chi connectivity index (χ4n) is 1.77. The topological polar surface area (TPSA) is 98.3 Å². The minimum absolute atomic E-state index is 0.0770. The number of rotatable bonds is 4. The van der Waals surface area contributed by atoms with E-state index in [0.717, 1.165) is 0 Å². The van der Waals surface area contributed by atoms with Crippen molar-refractivity contribution in [3.63, 3.8) is 0 Å². The average molecular weight is 261 g/mol. The summed E-state index contributed by atoms with van der Waals surface area (Å²) in [7, 11) is 0. The van der Waals surface area contributed by atoms with Crippen LogP contribution in [0, 0.1) is 17.0 Å². The van der Waals surface area contributed by atoms with E-state index in [4.69, 9.17) is 5.11 Å². The fourth-order valence-corrected chi connectivity index (χ4v) is 1.77. The maximum absolute atomic E-state index is 10.9. The Balaban J connectivity index is 2.48. The average Bonchev–Trinajstić information content (AvgIpc) is 2.70. The molecule has 0 saturated carbocycles. The Bertz CT molecular complexity index is 648. The van der Waals surface area contributed by atoms with E-state index in [1.807, 2.05) is 0 Å². The first kappa shape index (κ1) is 12.7. The molecule has 2 aromatic rings. The number of hydrogen-bond donors (Lipinski definition) is 1. The Labute approximate surface area is 108 Å². The van der Waals surface area contributed by atoms with Crippen LogP contribution >= 0.6 is 0 Å². The molecule has 1 N–H and O–H groups in total. The van der Waals surface area contributed by atoms with Crippen LogP contribution in [0.2, 0.25) is 0 Å². The molecule has 0 amide bonds. The highest BCUT2D eigenvalue weighted by Crippen LogP contribution is 2.22. The maximum atomic E-state index is 10.9. The van der Waals surface area contributed by atoms with Crippen molar-refractivity contribution in [1.29, 1.82) is 0 Å². The summed E-state index contributed by atoms with van der Waals surface area (Å²) in [6, 6.07) is 6.17. The smallest absolute Gasteiger partial charge is 0.307 e. The van der Waals surface area contributed by atoms with Crippen molar-refractivity contribution in [2.24, 2.45) is 0 Å². The molecule has 98 valence electrons. The van der Waals surface area contributed by atoms with Gasteiger partial charge in [-0.3, -0.25) is 14.9 Å². The van der Waals surface area contributed by atoms with Crippen LogP contribution in [0.3, 0.4) is 0 Å². The predicted octanol–water partition coefficient (Wildman–Crippen LogP) is 1.72. The van der Waals surface area contributed by atoms with Gasteiger partial charge in [0.2, 0.25) is 0 Å². The van der Waals surface area contributed by atoms with E-state index in [1.54, 1.807) is 25.1 Å². The zero-order valence-corrected chi connectivity index (χ0v) is 10.1. The normalized spacial score (nSPS) is 10.4. The predicted molar refractivity (Wildman–Crippen MR) is 66.3 cm³/mol. The fraction of sp³-hybridized carbons (Fsp3) is 0.167. The zero-order valence-electron chi connectivity index (χ0n) is 10.1. The molecule has 0 saturated heterocycles. The van der Waals surface area contributed by atoms with E-state index in [9.17, 15) is 14.9 Å². The maximum Gasteiger partial charge on any atom is 0.307 e. The number of carbonyl (C=O) groups is 1. The van der Waals surface area contributed by atoms with E-state index in [0.29, 0.717) is 16.9 Å². The number of aromatic nitrogens is 2. The SMILES string of the molecule is Cc1nn(-c2ccccc2[N+](=O)[O-])cc1CC(=O)O. The minimum atomic E-state index is -0.967. The third-order valence-electron chi connectivity index (χ3n) is 2.67. The van der Waals surface area contributed by atoms with Gasteiger partial charge in [0.15, 0.2) is 0 Å². The Kier molecular flexibility index (Phi) is 3.28. The summed E-state index contributed by atoms with van der Waals surface area (Å²) in [5.74, 6) is -0.967. The minimum Gasteiger partial charge on any atom is -0.481 e. The second-order valence-corrected chi connectivity index (χ2v) is 4.00. The Hall–Kier alpha value is -2.70. The lowest BCUT2D eigenvalue weighted by Crippen LogP contribution is -2.01. The molecule has 19 heavy (non-hydrogen) atoms. The third kappa shape index (κ3) is 2.59. The van der Waals surface area contributed by atoms with Crippen molar-refractivity contribution in [1.82, 2.24) is 9.78 Å². The van der Waals surface area contributed by atoms with Crippen LogP contribution in [0.1, 0.15) is 11.3 Å². The molecule has 7 heteroatoms. The van der Waals surface area contributed by atoms with Gasteiger partial charge in [0.1, 0.15) is 5.69 Å². The Morgan fingerprint density at radius 2 is 2.16 bits per heavy atom. The summed E-state index contributed by atoms with van der Waals surface area (Å²) in [6.07, 6.45) is 1.35. The molecule has 1 aromatic heterocycles. The highest BCUT2D eigenvalue weighted by Gasteiger charge is 2.17. The molecule has 0 aliphatic heterocycles. The number of nitro groups is 1. The van der Waals surface area contributed by atoms with Gasteiger partial charge in [-0.15, -0.1) is 0 Å². The lowest BCUT2D eigenvalue weighted by atomic mass is 10.2. The third-order valence-corrected chi connectivity index (χ3v) is 2.67. The van der Waals surface area contributed by atoms with Gasteiger partial charge >= 0.3 is 5.97 Å². The molecular formula is C12H11N3O4. The second-order valence-electron chi connectivity index (χ2n) is 4.00. The summed E-state index contributed by atoms with van der Waals surface area (Å²) < 4.78 is 1.34. The van der Waals surface area contributed by atoms with E-state index in [2.05, 4.69) is 5.10 Å². The molecule has 1 heterocycles. The number of nitro benzene ring substituents is 1. The molecule has 2 rings (SSSR count). The van der Waals surface area contributed by atoms with Gasteiger partial charge in [0.25, 0.3) is 5.69 Å². The molecule has 0 radical (unpaired) electrons. The Morgan fingerprint density at radius 3 is 2.79 bits per heavy atom. The van der Waals surface area contributed by atoms with Gasteiger partial charge in [0.05, 0.1) is 17.0 Å². The van der Waals surface area contributed by atoms with E-state index < -0.39 is 10.9 Å². The standard InChI is InChI=1S/C12H11N3O4/c1-8-9(6-12(16)17)7-14(13-8)10-4-2-3-5-11(10)15(18)19/h2-5,7H,6H2,1H3,(H,16,17). The molecule has 0 aliphatic carbocycles. The number of benzene rings is 1. The number of carboxylic acid groups (broad SMARTS) is 1. The first-order chi connectivity index (χ1) is 8.99. The van der Waals surface area contributed by atoms with Crippen molar-refractivity contribution >= 4 is 11.7 Å². The highest BCUT2D eigenvalue weighted by molar-refractivity contribution is 5.70. The lowest BCUT2D eigenvalue weighted by Gasteiger charge is -2.01. The first-order valence-corrected chi connectivity index (χ1v) is 5.50. The summed E-state index contributed by atoms with van der Waals surface area (Å²) in [6.45, 7) is 1.67. The number of aliphatic carboxylic acids is 1. The number of carboxylic acids is 1. The van der Waals surface area contributed by atoms with Crippen LogP contribution in [0.25, 0.3) is 5.69 Å². The molecule has 1 aromatic carbocycles. The van der Waals surface area contributed by atoms with Gasteiger partial charge in [0, 0.05) is 17.8 Å². The van der Waals surface area contributed by atoms with Gasteiger partial charge in [-0.2, -0.15) is 5.10 Å². The van der Waals surface area contributed by atoms with Crippen molar-refractivity contribution in [3.05, 3.63) is 51.8 Å². The van der Waals surface area contributed by atoms with Crippen molar-refractivity contribution < 1.29 is 14.8 Å². The van der Waals surface area contributed by atoms with E-state index >= 15 is 0 Å². The summed E-state index contributed by atoms with van der Waals surface area (Å²) in [5.41, 5.74) is 1.31. The van der Waals surface area contributed by atoms with Crippen LogP contribution in [-0.4, -0.2) is 25.8 Å². The van der Waals surface area contributed by atoms with E-state index in [1.165, 1.54) is 16.9 Å². The first-order valence-electron chi connectivity index (χ1n) is 5.50. The quantitative estimate of drug-likeness (QED) is 0.667. The lowest BCUT2D eigenvalue weighted by molar-refractivity contribution is -0.384. The van der Waals surface area contributed by atoms with Crippen LogP contribution in [-0.2, 0) is 11.2 Å².